The predicted molar refractivity (Wildman–Crippen MR) is 87.5 cm³/mol. The van der Waals surface area contributed by atoms with Crippen molar-refractivity contribution in [3.05, 3.63) is 59.7 Å². The maximum atomic E-state index is 12.7. The molecule has 1 unspecified atom stereocenters. The molecule has 0 bridgehead atoms. The normalized spacial score (nSPS) is 13.3. The van der Waals surface area contributed by atoms with Crippen molar-refractivity contribution < 1.29 is 36.2 Å². The van der Waals surface area contributed by atoms with Crippen LogP contribution in [-0.2, 0) is 12.7 Å². The third kappa shape index (κ3) is 5.78. The zero-order chi connectivity index (χ0) is 20.2. The minimum absolute atomic E-state index is 0.113. The van der Waals surface area contributed by atoms with Crippen molar-refractivity contribution in [1.82, 2.24) is 0 Å². The standard InChI is InChI=1S/C18H17F6NO2/c1-27-15-8-6-14(7-9-15)25(11-16(26)18(22,23)24)10-12-2-4-13(5-3-12)17(19,20)21/h2-9,16,26H,10-11H2,1H3. The molecule has 0 aliphatic heterocycles. The van der Waals surface area contributed by atoms with Crippen LogP contribution in [0.2, 0.25) is 0 Å². The molecule has 0 spiro atoms. The van der Waals surface area contributed by atoms with E-state index in [1.807, 2.05) is 0 Å². The van der Waals surface area contributed by atoms with Crippen LogP contribution in [0.15, 0.2) is 48.5 Å². The molecule has 2 rings (SSSR count). The minimum Gasteiger partial charge on any atom is -0.497 e. The van der Waals surface area contributed by atoms with Gasteiger partial charge in [-0.25, -0.2) is 0 Å². The Labute approximate surface area is 151 Å². The van der Waals surface area contributed by atoms with Crippen LogP contribution in [0.5, 0.6) is 5.75 Å². The first-order valence-electron chi connectivity index (χ1n) is 7.80. The van der Waals surface area contributed by atoms with Gasteiger partial charge >= 0.3 is 12.4 Å². The molecule has 0 fully saturated rings. The number of alkyl halides is 6. The molecule has 0 saturated carbocycles. The van der Waals surface area contributed by atoms with E-state index >= 15 is 0 Å². The number of anilines is 1. The molecule has 148 valence electrons. The maximum absolute atomic E-state index is 12.7. The highest BCUT2D eigenvalue weighted by atomic mass is 19.4. The Morgan fingerprint density at radius 1 is 0.926 bits per heavy atom. The fourth-order valence-electron chi connectivity index (χ4n) is 2.39. The molecule has 2 aromatic rings. The molecule has 0 saturated heterocycles. The Kier molecular flexibility index (Phi) is 6.25. The van der Waals surface area contributed by atoms with Crippen LogP contribution in [0.3, 0.4) is 0 Å². The van der Waals surface area contributed by atoms with Crippen molar-refractivity contribution >= 4 is 5.69 Å². The van der Waals surface area contributed by atoms with Crippen molar-refractivity contribution in [3.63, 3.8) is 0 Å². The number of halogens is 6. The monoisotopic (exact) mass is 393 g/mol. The highest BCUT2D eigenvalue weighted by Crippen LogP contribution is 2.30. The number of hydrogen-bond acceptors (Lipinski definition) is 3. The van der Waals surface area contributed by atoms with E-state index in [0.717, 1.165) is 12.1 Å². The van der Waals surface area contributed by atoms with Crippen LogP contribution in [0.25, 0.3) is 0 Å². The van der Waals surface area contributed by atoms with Gasteiger partial charge < -0.3 is 14.7 Å². The average molecular weight is 393 g/mol. The van der Waals surface area contributed by atoms with Crippen LogP contribution in [0.4, 0.5) is 32.0 Å². The molecule has 0 heterocycles. The number of rotatable bonds is 6. The van der Waals surface area contributed by atoms with E-state index in [4.69, 9.17) is 4.74 Å². The number of ether oxygens (including phenoxy) is 1. The van der Waals surface area contributed by atoms with E-state index in [2.05, 4.69) is 0 Å². The predicted octanol–water partition coefficient (Wildman–Crippen LogP) is 4.64. The minimum atomic E-state index is -4.81. The van der Waals surface area contributed by atoms with Crippen LogP contribution >= 0.6 is 0 Å². The molecule has 3 nitrogen and oxygen atoms in total. The van der Waals surface area contributed by atoms with Gasteiger partial charge in [-0.3, -0.25) is 0 Å². The molecule has 1 N–H and O–H groups in total. The summed E-state index contributed by atoms with van der Waals surface area (Å²) in [5.74, 6) is 0.490. The highest BCUT2D eigenvalue weighted by Gasteiger charge is 2.39. The van der Waals surface area contributed by atoms with Gasteiger partial charge in [-0.1, -0.05) is 12.1 Å². The summed E-state index contributed by atoms with van der Waals surface area (Å²) in [6, 6.07) is 10.2. The first-order chi connectivity index (χ1) is 12.5. The first kappa shape index (κ1) is 20.9. The zero-order valence-corrected chi connectivity index (χ0v) is 14.2. The molecular formula is C18H17F6NO2. The maximum Gasteiger partial charge on any atom is 0.416 e. The molecule has 0 aromatic heterocycles. The van der Waals surface area contributed by atoms with Crippen LogP contribution in [0.1, 0.15) is 11.1 Å². The third-order valence-electron chi connectivity index (χ3n) is 3.86. The fourth-order valence-corrected chi connectivity index (χ4v) is 2.39. The molecule has 0 aliphatic rings. The van der Waals surface area contributed by atoms with E-state index in [0.29, 0.717) is 17.0 Å². The Morgan fingerprint density at radius 3 is 1.93 bits per heavy atom. The summed E-state index contributed by atoms with van der Waals surface area (Å²) in [7, 11) is 1.43. The Morgan fingerprint density at radius 2 is 1.48 bits per heavy atom. The lowest BCUT2D eigenvalue weighted by Crippen LogP contribution is -2.40. The number of aliphatic hydroxyl groups excluding tert-OH is 1. The van der Waals surface area contributed by atoms with Gasteiger partial charge in [0, 0.05) is 12.2 Å². The number of benzene rings is 2. The summed E-state index contributed by atoms with van der Waals surface area (Å²) in [5.41, 5.74) is -0.121. The van der Waals surface area contributed by atoms with Gasteiger partial charge in [-0.05, 0) is 42.0 Å². The van der Waals surface area contributed by atoms with Crippen molar-refractivity contribution in [2.75, 3.05) is 18.6 Å². The molecular weight excluding hydrogens is 376 g/mol. The lowest BCUT2D eigenvalue weighted by molar-refractivity contribution is -0.200. The van der Waals surface area contributed by atoms with E-state index in [1.165, 1.54) is 48.4 Å². The van der Waals surface area contributed by atoms with E-state index < -0.39 is 30.6 Å². The number of aliphatic hydroxyl groups is 1. The summed E-state index contributed by atoms with van der Waals surface area (Å²) in [6.45, 7) is -0.880. The Balaban J connectivity index is 2.25. The van der Waals surface area contributed by atoms with Crippen LogP contribution in [-0.4, -0.2) is 31.0 Å². The SMILES string of the molecule is COc1ccc(N(Cc2ccc(C(F)(F)F)cc2)CC(O)C(F)(F)F)cc1. The summed E-state index contributed by atoms with van der Waals surface area (Å²) in [4.78, 5) is 1.24. The van der Waals surface area contributed by atoms with Crippen molar-refractivity contribution in [2.45, 2.75) is 25.0 Å². The van der Waals surface area contributed by atoms with Gasteiger partial charge in [0.1, 0.15) is 5.75 Å². The lowest BCUT2D eigenvalue weighted by Gasteiger charge is -2.28. The van der Waals surface area contributed by atoms with Crippen LogP contribution in [0, 0.1) is 0 Å². The molecule has 27 heavy (non-hydrogen) atoms. The Bertz CT molecular complexity index is 726. The molecule has 9 heteroatoms. The summed E-state index contributed by atoms with van der Waals surface area (Å²) >= 11 is 0. The van der Waals surface area contributed by atoms with Gasteiger partial charge in [-0.15, -0.1) is 0 Å². The second-order valence-corrected chi connectivity index (χ2v) is 5.83. The molecule has 1 atom stereocenters. The van der Waals surface area contributed by atoms with Gasteiger partial charge in [0.2, 0.25) is 0 Å². The third-order valence-corrected chi connectivity index (χ3v) is 3.86. The molecule has 2 aromatic carbocycles. The first-order valence-corrected chi connectivity index (χ1v) is 7.80. The van der Waals surface area contributed by atoms with Gasteiger partial charge in [0.05, 0.1) is 19.2 Å². The average Bonchev–Trinajstić information content (AvgIpc) is 2.60. The smallest absolute Gasteiger partial charge is 0.416 e. The summed E-state index contributed by atoms with van der Waals surface area (Å²) in [5, 5.41) is 9.41. The second kappa shape index (κ2) is 8.08. The zero-order valence-electron chi connectivity index (χ0n) is 14.2. The van der Waals surface area contributed by atoms with E-state index in [-0.39, 0.29) is 6.54 Å². The number of hydrogen-bond donors (Lipinski definition) is 1. The molecule has 0 amide bonds. The van der Waals surface area contributed by atoms with Crippen molar-refractivity contribution in [3.8, 4) is 5.75 Å². The molecule has 0 aliphatic carbocycles. The van der Waals surface area contributed by atoms with Gasteiger partial charge in [-0.2, -0.15) is 26.3 Å². The van der Waals surface area contributed by atoms with Crippen LogP contribution < -0.4 is 9.64 Å². The van der Waals surface area contributed by atoms with Gasteiger partial charge in [0.15, 0.2) is 6.10 Å². The van der Waals surface area contributed by atoms with E-state index in [1.54, 1.807) is 0 Å². The number of methoxy groups -OCH3 is 1. The van der Waals surface area contributed by atoms with Crippen molar-refractivity contribution in [1.29, 1.82) is 0 Å². The second-order valence-electron chi connectivity index (χ2n) is 5.83. The Hall–Kier alpha value is -2.42. The summed E-state index contributed by atoms with van der Waals surface area (Å²) in [6.07, 6.45) is -11.9. The largest absolute Gasteiger partial charge is 0.497 e. The van der Waals surface area contributed by atoms with E-state index in [9.17, 15) is 31.4 Å². The highest BCUT2D eigenvalue weighted by molar-refractivity contribution is 5.50. The van der Waals surface area contributed by atoms with Crippen molar-refractivity contribution in [2.24, 2.45) is 0 Å². The quantitative estimate of drug-likeness (QED) is 0.726. The van der Waals surface area contributed by atoms with Gasteiger partial charge in [0.25, 0.3) is 0 Å². The summed E-state index contributed by atoms with van der Waals surface area (Å²) < 4.78 is 81.2. The molecule has 0 radical (unpaired) electrons. The lowest BCUT2D eigenvalue weighted by atomic mass is 10.1. The fraction of sp³-hybridized carbons (Fsp3) is 0.333. The topological polar surface area (TPSA) is 32.7 Å². The number of nitrogens with zero attached hydrogens (tertiary/aromatic N) is 1.